The Morgan fingerprint density at radius 2 is 2.22 bits per heavy atom. The van der Waals surface area contributed by atoms with Crippen LogP contribution >= 0.6 is 12.6 Å². The lowest BCUT2D eigenvalue weighted by molar-refractivity contribution is 0.234. The molecule has 0 unspecified atom stereocenters. The highest BCUT2D eigenvalue weighted by Gasteiger charge is 2.08. The summed E-state index contributed by atoms with van der Waals surface area (Å²) in [5.74, 6) is -0.371. The molecule has 1 aromatic heterocycles. The lowest BCUT2D eigenvalue weighted by Crippen LogP contribution is -2.23. The average molecular weight is 266 g/mol. The van der Waals surface area contributed by atoms with Gasteiger partial charge in [-0.3, -0.25) is 9.36 Å². The van der Waals surface area contributed by atoms with E-state index >= 15 is 0 Å². The molecule has 5 nitrogen and oxygen atoms in total. The summed E-state index contributed by atoms with van der Waals surface area (Å²) < 4.78 is 6.51. The van der Waals surface area contributed by atoms with Gasteiger partial charge in [-0.25, -0.2) is 4.79 Å². The first-order valence-electron chi connectivity index (χ1n) is 5.51. The maximum absolute atomic E-state index is 11.3. The molecule has 0 aliphatic carbocycles. The van der Waals surface area contributed by atoms with Crippen molar-refractivity contribution in [3.63, 3.8) is 0 Å². The third-order valence-corrected chi connectivity index (χ3v) is 3.26. The van der Waals surface area contributed by atoms with Crippen molar-refractivity contribution in [2.45, 2.75) is 6.42 Å². The van der Waals surface area contributed by atoms with Crippen LogP contribution in [0.15, 0.2) is 27.4 Å². The topological polar surface area (TPSA) is 55.5 Å². The summed E-state index contributed by atoms with van der Waals surface area (Å²) in [7, 11) is 3.36. The van der Waals surface area contributed by atoms with Gasteiger partial charge in [0.1, 0.15) is 0 Å². The van der Waals surface area contributed by atoms with Crippen LogP contribution in [0.1, 0.15) is 5.56 Å². The van der Waals surface area contributed by atoms with Crippen LogP contribution in [0.3, 0.4) is 0 Å². The molecule has 2 rings (SSSR count). The number of thiol groups is 1. The minimum atomic E-state index is -0.371. The van der Waals surface area contributed by atoms with Crippen molar-refractivity contribution in [3.8, 4) is 0 Å². The first-order valence-corrected chi connectivity index (χ1v) is 5.96. The van der Waals surface area contributed by atoms with E-state index in [1.165, 1.54) is 9.47 Å². The predicted molar refractivity (Wildman–Crippen MR) is 72.2 cm³/mol. The van der Waals surface area contributed by atoms with E-state index in [4.69, 9.17) is 4.42 Å². The molecule has 0 N–H and O–H groups in total. The molecular weight excluding hydrogens is 252 g/mol. The van der Waals surface area contributed by atoms with Gasteiger partial charge in [-0.15, -0.1) is 0 Å². The van der Waals surface area contributed by atoms with Crippen LogP contribution in [0.4, 0.5) is 4.79 Å². The van der Waals surface area contributed by atoms with Crippen LogP contribution in [-0.2, 0) is 13.5 Å². The number of aromatic nitrogens is 1. The summed E-state index contributed by atoms with van der Waals surface area (Å²) >= 11 is 3.74. The zero-order valence-electron chi connectivity index (χ0n) is 10.2. The molecule has 2 aromatic rings. The molecule has 18 heavy (non-hydrogen) atoms. The first-order chi connectivity index (χ1) is 8.49. The summed E-state index contributed by atoms with van der Waals surface area (Å²) in [4.78, 5) is 23.8. The number of hydrogen-bond acceptors (Lipinski definition) is 3. The highest BCUT2D eigenvalue weighted by Crippen LogP contribution is 2.14. The number of benzene rings is 1. The lowest BCUT2D eigenvalue weighted by atomic mass is 10.1. The molecular formula is C12H14N2O3S. The van der Waals surface area contributed by atoms with Crippen molar-refractivity contribution < 1.29 is 9.21 Å². The summed E-state index contributed by atoms with van der Waals surface area (Å²) in [6.07, 6.45) is 0.706. The molecule has 96 valence electrons. The van der Waals surface area contributed by atoms with E-state index in [2.05, 4.69) is 12.6 Å². The number of carbonyl (C=O) groups is 1. The number of likely N-dealkylation sites (N-methyl/N-ethyl adjacent to an activating group) is 1. The van der Waals surface area contributed by atoms with Crippen molar-refractivity contribution in [2.75, 3.05) is 13.6 Å². The summed E-state index contributed by atoms with van der Waals surface area (Å²) in [5, 5.41) is -0.258. The molecule has 6 heteroatoms. The third-order valence-electron chi connectivity index (χ3n) is 2.92. The Labute approximate surface area is 109 Å². The Morgan fingerprint density at radius 1 is 1.50 bits per heavy atom. The molecule has 0 spiro atoms. The number of nitrogens with zero attached hydrogens (tertiary/aromatic N) is 2. The predicted octanol–water partition coefficient (Wildman–Crippen LogP) is 1.66. The minimum absolute atomic E-state index is 0.258. The van der Waals surface area contributed by atoms with Gasteiger partial charge in [-0.2, -0.15) is 0 Å². The van der Waals surface area contributed by atoms with E-state index in [1.807, 2.05) is 12.1 Å². The number of hydrogen-bond donors (Lipinski definition) is 1. The Hall–Kier alpha value is -1.69. The van der Waals surface area contributed by atoms with Gasteiger partial charge in [0, 0.05) is 20.6 Å². The largest absolute Gasteiger partial charge is 0.419 e. The van der Waals surface area contributed by atoms with Crippen molar-refractivity contribution >= 4 is 29.0 Å². The Bertz CT molecular complexity index is 644. The van der Waals surface area contributed by atoms with Gasteiger partial charge >= 0.3 is 5.76 Å². The van der Waals surface area contributed by atoms with Gasteiger partial charge in [0.05, 0.1) is 5.52 Å². The average Bonchev–Trinajstić information content (AvgIpc) is 2.62. The smallest absolute Gasteiger partial charge is 0.408 e. The molecule has 1 amide bonds. The van der Waals surface area contributed by atoms with Gasteiger partial charge in [-0.05, 0) is 24.1 Å². The maximum atomic E-state index is 11.3. The van der Waals surface area contributed by atoms with E-state index in [0.717, 1.165) is 11.1 Å². The molecule has 0 aliphatic heterocycles. The highest BCUT2D eigenvalue weighted by atomic mass is 32.1. The highest BCUT2D eigenvalue weighted by molar-refractivity contribution is 7.96. The van der Waals surface area contributed by atoms with Crippen LogP contribution in [-0.4, -0.2) is 28.3 Å². The van der Waals surface area contributed by atoms with Gasteiger partial charge < -0.3 is 9.32 Å². The quantitative estimate of drug-likeness (QED) is 0.860. The van der Waals surface area contributed by atoms with E-state index in [0.29, 0.717) is 18.5 Å². The van der Waals surface area contributed by atoms with Crippen LogP contribution < -0.4 is 5.76 Å². The fraction of sp³-hybridized carbons (Fsp3) is 0.333. The van der Waals surface area contributed by atoms with Gasteiger partial charge in [0.2, 0.25) is 0 Å². The lowest BCUT2D eigenvalue weighted by Gasteiger charge is -2.13. The van der Waals surface area contributed by atoms with E-state index < -0.39 is 0 Å². The monoisotopic (exact) mass is 266 g/mol. The molecule has 0 atom stereocenters. The molecule has 0 saturated heterocycles. The SMILES string of the molecule is CN(CCc1ccc2oc(=O)n(C)c2c1)C(=O)S. The van der Waals surface area contributed by atoms with Crippen LogP contribution in [0.25, 0.3) is 11.1 Å². The zero-order valence-corrected chi connectivity index (χ0v) is 11.1. The molecule has 1 heterocycles. The van der Waals surface area contributed by atoms with Crippen molar-refractivity contribution in [1.82, 2.24) is 9.47 Å². The molecule has 0 radical (unpaired) electrons. The molecule has 1 aromatic carbocycles. The van der Waals surface area contributed by atoms with Crippen molar-refractivity contribution in [1.29, 1.82) is 0 Å². The summed E-state index contributed by atoms with van der Waals surface area (Å²) in [6, 6.07) is 5.56. The van der Waals surface area contributed by atoms with E-state index in [-0.39, 0.29) is 11.0 Å². The number of fused-ring (bicyclic) bond motifs is 1. The van der Waals surface area contributed by atoms with Gasteiger partial charge in [-0.1, -0.05) is 18.7 Å². The second kappa shape index (κ2) is 4.89. The van der Waals surface area contributed by atoms with Crippen LogP contribution in [0.2, 0.25) is 0 Å². The normalized spacial score (nSPS) is 10.8. The molecule has 0 aliphatic rings. The molecule has 0 fully saturated rings. The number of rotatable bonds is 3. The number of carbonyl (C=O) groups excluding carboxylic acids is 1. The Balaban J connectivity index is 2.22. The Morgan fingerprint density at radius 3 is 2.89 bits per heavy atom. The van der Waals surface area contributed by atoms with Crippen LogP contribution in [0, 0.1) is 0 Å². The van der Waals surface area contributed by atoms with Crippen molar-refractivity contribution in [3.05, 3.63) is 34.3 Å². The second-order valence-corrected chi connectivity index (χ2v) is 4.57. The minimum Gasteiger partial charge on any atom is -0.408 e. The van der Waals surface area contributed by atoms with Crippen molar-refractivity contribution in [2.24, 2.45) is 7.05 Å². The van der Waals surface area contributed by atoms with Gasteiger partial charge in [0.25, 0.3) is 5.24 Å². The number of amides is 1. The zero-order chi connectivity index (χ0) is 13.3. The maximum Gasteiger partial charge on any atom is 0.419 e. The standard InChI is InChI=1S/C12H14N2O3S/c1-13(12(16)18)6-5-8-3-4-10-9(7-8)14(2)11(15)17-10/h3-4,7H,5-6H2,1-2H3,(H,16,18). The molecule has 0 saturated carbocycles. The van der Waals surface area contributed by atoms with E-state index in [9.17, 15) is 9.59 Å². The summed E-state index contributed by atoms with van der Waals surface area (Å²) in [6.45, 7) is 0.583. The fourth-order valence-corrected chi connectivity index (χ4v) is 1.82. The third kappa shape index (κ3) is 2.43. The number of aryl methyl sites for hydroxylation is 1. The Kier molecular flexibility index (Phi) is 3.47. The number of oxazole rings is 1. The fourth-order valence-electron chi connectivity index (χ4n) is 1.72. The molecule has 0 bridgehead atoms. The van der Waals surface area contributed by atoms with E-state index in [1.54, 1.807) is 20.2 Å². The summed E-state index contributed by atoms with van der Waals surface area (Å²) in [5.41, 5.74) is 2.38. The van der Waals surface area contributed by atoms with Gasteiger partial charge in [0.15, 0.2) is 5.58 Å². The first kappa shape index (κ1) is 12.8. The second-order valence-electron chi connectivity index (χ2n) is 4.18. The van der Waals surface area contributed by atoms with Crippen LogP contribution in [0.5, 0.6) is 0 Å².